The number of ketones is 1. The van der Waals surface area contributed by atoms with Crippen LogP contribution < -0.4 is 10.6 Å². The Morgan fingerprint density at radius 3 is 2.50 bits per heavy atom. The zero-order valence-corrected chi connectivity index (χ0v) is 13.3. The molecule has 1 rings (SSSR count). The molecule has 1 aromatic rings. The maximum Gasteiger partial charge on any atom is 0.343 e. The van der Waals surface area contributed by atoms with Crippen LogP contribution in [0.4, 0.5) is 10.7 Å². The number of methoxy groups -OCH3 is 1. The SMILES string of the molecule is CCCCN(C)c1sc(C(=O)CC)c(N)c1C(=O)OC. The number of carbonyl (C=O) groups excluding carboxylic acids is 2. The highest BCUT2D eigenvalue weighted by Gasteiger charge is 2.27. The quantitative estimate of drug-likeness (QED) is 0.619. The Kier molecular flexibility index (Phi) is 6.01. The fourth-order valence-corrected chi connectivity index (χ4v) is 3.07. The fraction of sp³-hybridized carbons (Fsp3) is 0.571. The normalized spacial score (nSPS) is 10.4. The second-order valence-electron chi connectivity index (χ2n) is 4.57. The number of hydrogen-bond donors (Lipinski definition) is 1. The molecule has 0 aromatic carbocycles. The Bertz CT molecular complexity index is 497. The number of carbonyl (C=O) groups is 2. The van der Waals surface area contributed by atoms with Gasteiger partial charge in [-0.1, -0.05) is 20.3 Å². The highest BCUT2D eigenvalue weighted by atomic mass is 32.1. The molecule has 1 heterocycles. The van der Waals surface area contributed by atoms with E-state index in [0.717, 1.165) is 19.4 Å². The summed E-state index contributed by atoms with van der Waals surface area (Å²) in [6.07, 6.45) is 2.43. The van der Waals surface area contributed by atoms with E-state index in [2.05, 4.69) is 6.92 Å². The number of esters is 1. The van der Waals surface area contributed by atoms with Crippen molar-refractivity contribution in [3.05, 3.63) is 10.4 Å². The summed E-state index contributed by atoms with van der Waals surface area (Å²) in [5.41, 5.74) is 6.54. The number of ether oxygens (including phenoxy) is 1. The summed E-state index contributed by atoms with van der Waals surface area (Å²) in [4.78, 5) is 26.2. The van der Waals surface area contributed by atoms with Crippen molar-refractivity contribution in [2.75, 3.05) is 31.3 Å². The summed E-state index contributed by atoms with van der Waals surface area (Å²) in [5.74, 6) is -0.542. The lowest BCUT2D eigenvalue weighted by atomic mass is 10.1. The largest absolute Gasteiger partial charge is 0.465 e. The van der Waals surface area contributed by atoms with Crippen LogP contribution in [0.15, 0.2) is 0 Å². The number of Topliss-reactive ketones (excluding diaryl/α,β-unsaturated/α-hetero) is 1. The molecule has 112 valence electrons. The molecular weight excluding hydrogens is 276 g/mol. The molecule has 0 saturated carbocycles. The van der Waals surface area contributed by atoms with Crippen molar-refractivity contribution in [2.24, 2.45) is 0 Å². The highest BCUT2D eigenvalue weighted by molar-refractivity contribution is 7.19. The number of unbranched alkanes of at least 4 members (excludes halogenated alkanes) is 1. The molecule has 6 heteroatoms. The third-order valence-electron chi connectivity index (χ3n) is 3.08. The third kappa shape index (κ3) is 3.30. The standard InChI is InChI=1S/C14H22N2O3S/c1-5-7-8-16(3)13-10(14(18)19-4)11(15)12(20-13)9(17)6-2/h5-8,15H2,1-4H3. The van der Waals surface area contributed by atoms with Crippen LogP contribution in [0, 0.1) is 0 Å². The Morgan fingerprint density at radius 1 is 1.35 bits per heavy atom. The number of hydrogen-bond acceptors (Lipinski definition) is 6. The lowest BCUT2D eigenvalue weighted by molar-refractivity contribution is 0.0603. The van der Waals surface area contributed by atoms with Crippen LogP contribution in [0.3, 0.4) is 0 Å². The molecular formula is C14H22N2O3S. The van der Waals surface area contributed by atoms with E-state index in [1.54, 1.807) is 6.92 Å². The van der Waals surface area contributed by atoms with E-state index in [9.17, 15) is 9.59 Å². The summed E-state index contributed by atoms with van der Waals surface area (Å²) < 4.78 is 4.79. The maximum absolute atomic E-state index is 11.9. The molecule has 0 amide bonds. The molecule has 0 fully saturated rings. The monoisotopic (exact) mass is 298 g/mol. The van der Waals surface area contributed by atoms with E-state index < -0.39 is 5.97 Å². The van der Waals surface area contributed by atoms with Crippen molar-refractivity contribution in [3.8, 4) is 0 Å². The van der Waals surface area contributed by atoms with Crippen LogP contribution in [0.5, 0.6) is 0 Å². The van der Waals surface area contributed by atoms with Gasteiger partial charge in [0.25, 0.3) is 0 Å². The van der Waals surface area contributed by atoms with Crippen LogP contribution in [-0.4, -0.2) is 32.5 Å². The lowest BCUT2D eigenvalue weighted by Crippen LogP contribution is -2.20. The molecule has 0 aliphatic carbocycles. The molecule has 0 aliphatic rings. The third-order valence-corrected chi connectivity index (χ3v) is 4.45. The number of nitrogens with two attached hydrogens (primary N) is 1. The second-order valence-corrected chi connectivity index (χ2v) is 5.57. The van der Waals surface area contributed by atoms with E-state index in [0.29, 0.717) is 21.9 Å². The van der Waals surface area contributed by atoms with Crippen molar-refractivity contribution >= 4 is 33.8 Å². The predicted molar refractivity (Wildman–Crippen MR) is 82.9 cm³/mol. The average Bonchev–Trinajstić information content (AvgIpc) is 2.80. The summed E-state index contributed by atoms with van der Waals surface area (Å²) in [6, 6.07) is 0. The number of anilines is 2. The molecule has 0 atom stereocenters. The van der Waals surface area contributed by atoms with Gasteiger partial charge in [-0.25, -0.2) is 4.79 Å². The first-order chi connectivity index (χ1) is 9.47. The lowest BCUT2D eigenvalue weighted by Gasteiger charge is -2.18. The van der Waals surface area contributed by atoms with Crippen molar-refractivity contribution in [2.45, 2.75) is 33.1 Å². The minimum Gasteiger partial charge on any atom is -0.465 e. The van der Waals surface area contributed by atoms with Gasteiger partial charge < -0.3 is 15.4 Å². The molecule has 5 nitrogen and oxygen atoms in total. The smallest absolute Gasteiger partial charge is 0.343 e. The Hall–Kier alpha value is -1.56. The van der Waals surface area contributed by atoms with Crippen molar-refractivity contribution < 1.29 is 14.3 Å². The van der Waals surface area contributed by atoms with Crippen molar-refractivity contribution in [3.63, 3.8) is 0 Å². The van der Waals surface area contributed by atoms with E-state index in [1.165, 1.54) is 18.4 Å². The van der Waals surface area contributed by atoms with Gasteiger partial charge in [0.2, 0.25) is 0 Å². The van der Waals surface area contributed by atoms with Gasteiger partial charge in [0.15, 0.2) is 5.78 Å². The van der Waals surface area contributed by atoms with Gasteiger partial charge in [-0.2, -0.15) is 0 Å². The van der Waals surface area contributed by atoms with E-state index in [1.807, 2.05) is 11.9 Å². The topological polar surface area (TPSA) is 72.6 Å². The van der Waals surface area contributed by atoms with Crippen LogP contribution in [0.25, 0.3) is 0 Å². The molecule has 0 unspecified atom stereocenters. The van der Waals surface area contributed by atoms with E-state index >= 15 is 0 Å². The molecule has 0 saturated heterocycles. The Labute approximate surface area is 123 Å². The van der Waals surface area contributed by atoms with Crippen LogP contribution in [-0.2, 0) is 4.74 Å². The zero-order valence-electron chi connectivity index (χ0n) is 12.5. The minimum absolute atomic E-state index is 0.0483. The predicted octanol–water partition coefficient (Wildman–Crippen LogP) is 2.95. The highest BCUT2D eigenvalue weighted by Crippen LogP contribution is 2.39. The molecule has 1 aromatic heterocycles. The molecule has 0 aliphatic heterocycles. The number of nitrogen functional groups attached to an aromatic ring is 1. The Morgan fingerprint density at radius 2 is 2.00 bits per heavy atom. The van der Waals surface area contributed by atoms with Gasteiger partial charge in [-0.05, 0) is 6.42 Å². The maximum atomic E-state index is 11.9. The van der Waals surface area contributed by atoms with Gasteiger partial charge in [0, 0.05) is 20.0 Å². The number of nitrogens with zero attached hydrogens (tertiary/aromatic N) is 1. The van der Waals surface area contributed by atoms with Gasteiger partial charge >= 0.3 is 5.97 Å². The summed E-state index contributed by atoms with van der Waals surface area (Å²) >= 11 is 1.27. The van der Waals surface area contributed by atoms with Crippen LogP contribution in [0.2, 0.25) is 0 Å². The average molecular weight is 298 g/mol. The van der Waals surface area contributed by atoms with Gasteiger partial charge in [0.1, 0.15) is 10.6 Å². The van der Waals surface area contributed by atoms with Gasteiger partial charge in [0.05, 0.1) is 17.7 Å². The number of thiophene rings is 1. The van der Waals surface area contributed by atoms with Gasteiger partial charge in [-0.3, -0.25) is 4.79 Å². The molecule has 0 spiro atoms. The van der Waals surface area contributed by atoms with Crippen molar-refractivity contribution in [1.82, 2.24) is 0 Å². The van der Waals surface area contributed by atoms with Crippen LogP contribution in [0.1, 0.15) is 53.1 Å². The summed E-state index contributed by atoms with van der Waals surface area (Å²) in [6.45, 7) is 4.68. The molecule has 0 bridgehead atoms. The fourth-order valence-electron chi connectivity index (χ4n) is 1.86. The van der Waals surface area contributed by atoms with E-state index in [4.69, 9.17) is 10.5 Å². The first kappa shape index (κ1) is 16.5. The number of rotatable bonds is 7. The summed E-state index contributed by atoms with van der Waals surface area (Å²) in [5, 5.41) is 0.708. The Balaban J connectivity index is 3.26. The van der Waals surface area contributed by atoms with E-state index in [-0.39, 0.29) is 11.5 Å². The second kappa shape index (κ2) is 7.28. The molecule has 20 heavy (non-hydrogen) atoms. The molecule has 2 N–H and O–H groups in total. The minimum atomic E-state index is -0.493. The zero-order chi connectivity index (χ0) is 15.3. The van der Waals surface area contributed by atoms with Crippen molar-refractivity contribution in [1.29, 1.82) is 0 Å². The summed E-state index contributed by atoms with van der Waals surface area (Å²) in [7, 11) is 3.21. The first-order valence-electron chi connectivity index (χ1n) is 6.72. The van der Waals surface area contributed by atoms with Crippen LogP contribution >= 0.6 is 11.3 Å². The first-order valence-corrected chi connectivity index (χ1v) is 7.54. The van der Waals surface area contributed by atoms with Gasteiger partial charge in [-0.15, -0.1) is 11.3 Å². The molecule has 0 radical (unpaired) electrons.